The number of hydrogen-bond acceptors (Lipinski definition) is 5. The van der Waals surface area contributed by atoms with Crippen LogP contribution in [0.5, 0.6) is 0 Å². The van der Waals surface area contributed by atoms with E-state index in [0.717, 1.165) is 22.6 Å². The standard InChI is InChI=1S/C14H22N4S/c1-9(2)7-10(3)18(4)8-12-16-13(15)11-5-6-19-14(11)17-12/h5-6,9-10H,7-8H2,1-4H3,(H2,15,16,17). The van der Waals surface area contributed by atoms with Gasteiger partial charge in [-0.3, -0.25) is 4.90 Å². The molecule has 1 unspecified atom stereocenters. The van der Waals surface area contributed by atoms with Crippen LogP contribution in [0.4, 0.5) is 5.82 Å². The monoisotopic (exact) mass is 278 g/mol. The number of anilines is 1. The Labute approximate surface area is 118 Å². The van der Waals surface area contributed by atoms with Crippen molar-refractivity contribution in [1.29, 1.82) is 0 Å². The molecule has 1 atom stereocenters. The Bertz CT molecular complexity index is 549. The van der Waals surface area contributed by atoms with Crippen molar-refractivity contribution in [3.8, 4) is 0 Å². The maximum atomic E-state index is 5.97. The molecule has 2 heterocycles. The first-order valence-electron chi connectivity index (χ1n) is 6.67. The van der Waals surface area contributed by atoms with Crippen molar-refractivity contribution in [1.82, 2.24) is 14.9 Å². The first-order valence-corrected chi connectivity index (χ1v) is 7.55. The minimum absolute atomic E-state index is 0.517. The number of rotatable bonds is 5. The van der Waals surface area contributed by atoms with E-state index in [2.05, 4.69) is 42.7 Å². The molecule has 0 aliphatic rings. The summed E-state index contributed by atoms with van der Waals surface area (Å²) in [4.78, 5) is 12.3. The van der Waals surface area contributed by atoms with Crippen LogP contribution in [-0.4, -0.2) is 28.0 Å². The third kappa shape index (κ3) is 3.42. The smallest absolute Gasteiger partial charge is 0.146 e. The summed E-state index contributed by atoms with van der Waals surface area (Å²) in [7, 11) is 2.12. The molecule has 5 heteroatoms. The van der Waals surface area contributed by atoms with E-state index in [4.69, 9.17) is 5.73 Å². The Morgan fingerprint density at radius 1 is 1.32 bits per heavy atom. The van der Waals surface area contributed by atoms with E-state index in [-0.39, 0.29) is 0 Å². The minimum atomic E-state index is 0.517. The third-order valence-corrected chi connectivity index (χ3v) is 4.16. The van der Waals surface area contributed by atoms with Crippen LogP contribution in [0, 0.1) is 5.92 Å². The lowest BCUT2D eigenvalue weighted by Gasteiger charge is -2.25. The zero-order valence-corrected chi connectivity index (χ0v) is 12.9. The normalized spacial score (nSPS) is 13.6. The van der Waals surface area contributed by atoms with Gasteiger partial charge in [0, 0.05) is 6.04 Å². The summed E-state index contributed by atoms with van der Waals surface area (Å²) in [5.41, 5.74) is 5.97. The minimum Gasteiger partial charge on any atom is -0.383 e. The van der Waals surface area contributed by atoms with Gasteiger partial charge in [-0.2, -0.15) is 0 Å². The van der Waals surface area contributed by atoms with Gasteiger partial charge in [0.1, 0.15) is 16.5 Å². The fourth-order valence-corrected chi connectivity index (χ4v) is 3.03. The fraction of sp³-hybridized carbons (Fsp3) is 0.571. The Hall–Kier alpha value is -1.20. The van der Waals surface area contributed by atoms with Gasteiger partial charge in [-0.25, -0.2) is 9.97 Å². The van der Waals surface area contributed by atoms with Crippen LogP contribution in [0.1, 0.15) is 33.0 Å². The number of nitrogen functional groups attached to an aromatic ring is 1. The topological polar surface area (TPSA) is 55.0 Å². The highest BCUT2D eigenvalue weighted by Gasteiger charge is 2.14. The van der Waals surface area contributed by atoms with Crippen molar-refractivity contribution in [2.45, 2.75) is 39.8 Å². The second-order valence-electron chi connectivity index (χ2n) is 5.56. The van der Waals surface area contributed by atoms with Gasteiger partial charge in [-0.1, -0.05) is 13.8 Å². The molecule has 0 bridgehead atoms. The summed E-state index contributed by atoms with van der Waals surface area (Å²) in [5.74, 6) is 2.10. The first-order chi connectivity index (χ1) is 8.97. The van der Waals surface area contributed by atoms with Gasteiger partial charge >= 0.3 is 0 Å². The molecule has 104 valence electrons. The number of fused-ring (bicyclic) bond motifs is 1. The predicted octanol–water partition coefficient (Wildman–Crippen LogP) is 3.14. The van der Waals surface area contributed by atoms with Crippen molar-refractivity contribution in [3.05, 3.63) is 17.3 Å². The van der Waals surface area contributed by atoms with E-state index in [1.165, 1.54) is 6.42 Å². The molecule has 0 radical (unpaired) electrons. The fourth-order valence-electron chi connectivity index (χ4n) is 2.24. The summed E-state index contributed by atoms with van der Waals surface area (Å²) in [5, 5.41) is 2.97. The highest BCUT2D eigenvalue weighted by molar-refractivity contribution is 7.16. The van der Waals surface area contributed by atoms with E-state index in [1.807, 2.05) is 11.4 Å². The molecule has 2 N–H and O–H groups in total. The van der Waals surface area contributed by atoms with Crippen LogP contribution in [0.3, 0.4) is 0 Å². The number of nitrogens with two attached hydrogens (primary N) is 1. The summed E-state index contributed by atoms with van der Waals surface area (Å²) in [6.45, 7) is 7.48. The maximum absolute atomic E-state index is 5.97. The van der Waals surface area contributed by atoms with Gasteiger partial charge in [0.25, 0.3) is 0 Å². The molecule has 19 heavy (non-hydrogen) atoms. The van der Waals surface area contributed by atoms with Crippen LogP contribution < -0.4 is 5.73 Å². The van der Waals surface area contributed by atoms with Crippen molar-refractivity contribution >= 4 is 27.4 Å². The third-order valence-electron chi connectivity index (χ3n) is 3.36. The SMILES string of the molecule is CC(C)CC(C)N(C)Cc1nc(N)c2ccsc2n1. The number of hydrogen-bond donors (Lipinski definition) is 1. The quantitative estimate of drug-likeness (QED) is 0.913. The second-order valence-corrected chi connectivity index (χ2v) is 6.45. The maximum Gasteiger partial charge on any atom is 0.146 e. The molecule has 4 nitrogen and oxygen atoms in total. The number of aromatic nitrogens is 2. The molecule has 2 rings (SSSR count). The number of thiophene rings is 1. The summed E-state index contributed by atoms with van der Waals surface area (Å²) < 4.78 is 0. The van der Waals surface area contributed by atoms with E-state index < -0.39 is 0 Å². The summed E-state index contributed by atoms with van der Waals surface area (Å²) in [6.07, 6.45) is 1.17. The zero-order chi connectivity index (χ0) is 14.0. The predicted molar refractivity (Wildman–Crippen MR) is 82.2 cm³/mol. The lowest BCUT2D eigenvalue weighted by molar-refractivity contribution is 0.216. The Morgan fingerprint density at radius 3 is 2.74 bits per heavy atom. The second kappa shape index (κ2) is 5.84. The van der Waals surface area contributed by atoms with Gasteiger partial charge in [-0.15, -0.1) is 11.3 Å². The molecule has 0 aromatic carbocycles. The highest BCUT2D eigenvalue weighted by atomic mass is 32.1. The van der Waals surface area contributed by atoms with Gasteiger partial charge in [0.2, 0.25) is 0 Å². The van der Waals surface area contributed by atoms with Crippen LogP contribution in [0.2, 0.25) is 0 Å². The zero-order valence-electron chi connectivity index (χ0n) is 12.1. The van der Waals surface area contributed by atoms with Crippen molar-refractivity contribution in [2.24, 2.45) is 5.92 Å². The first kappa shape index (κ1) is 14.2. The molecule has 2 aromatic rings. The van der Waals surface area contributed by atoms with Gasteiger partial charge in [0.15, 0.2) is 0 Å². The Balaban J connectivity index is 2.12. The average molecular weight is 278 g/mol. The van der Waals surface area contributed by atoms with Crippen molar-refractivity contribution < 1.29 is 0 Å². The molecular formula is C14H22N4S. The van der Waals surface area contributed by atoms with Crippen LogP contribution in [0.25, 0.3) is 10.2 Å². The summed E-state index contributed by atoms with van der Waals surface area (Å²) in [6, 6.07) is 2.49. The van der Waals surface area contributed by atoms with E-state index >= 15 is 0 Å². The molecule has 0 aliphatic heterocycles. The van der Waals surface area contributed by atoms with Crippen LogP contribution >= 0.6 is 11.3 Å². The van der Waals surface area contributed by atoms with Gasteiger partial charge in [0.05, 0.1) is 11.9 Å². The molecular weight excluding hydrogens is 256 g/mol. The van der Waals surface area contributed by atoms with Crippen LogP contribution in [-0.2, 0) is 6.54 Å². The van der Waals surface area contributed by atoms with E-state index in [0.29, 0.717) is 17.8 Å². The largest absolute Gasteiger partial charge is 0.383 e. The van der Waals surface area contributed by atoms with Gasteiger partial charge in [-0.05, 0) is 37.8 Å². The lowest BCUT2D eigenvalue weighted by atomic mass is 10.0. The van der Waals surface area contributed by atoms with Crippen molar-refractivity contribution in [3.63, 3.8) is 0 Å². The molecule has 0 aliphatic carbocycles. The van der Waals surface area contributed by atoms with Crippen molar-refractivity contribution in [2.75, 3.05) is 12.8 Å². The molecule has 0 saturated heterocycles. The van der Waals surface area contributed by atoms with E-state index in [9.17, 15) is 0 Å². The molecule has 2 aromatic heterocycles. The van der Waals surface area contributed by atoms with E-state index in [1.54, 1.807) is 11.3 Å². The van der Waals surface area contributed by atoms with Gasteiger partial charge < -0.3 is 5.73 Å². The molecule has 0 amide bonds. The van der Waals surface area contributed by atoms with Crippen LogP contribution in [0.15, 0.2) is 11.4 Å². The average Bonchev–Trinajstić information content (AvgIpc) is 2.76. The lowest BCUT2D eigenvalue weighted by Crippen LogP contribution is -2.30. The number of nitrogens with zero attached hydrogens (tertiary/aromatic N) is 3. The Morgan fingerprint density at radius 2 is 2.05 bits per heavy atom. The Kier molecular flexibility index (Phi) is 4.37. The highest BCUT2D eigenvalue weighted by Crippen LogP contribution is 2.23. The summed E-state index contributed by atoms with van der Waals surface area (Å²) >= 11 is 1.61. The molecule has 0 spiro atoms. The molecule has 0 fully saturated rings. The molecule has 0 saturated carbocycles.